The lowest BCUT2D eigenvalue weighted by Gasteiger charge is -2.12. The van der Waals surface area contributed by atoms with Gasteiger partial charge in [0.1, 0.15) is 10.6 Å². The van der Waals surface area contributed by atoms with Crippen LogP contribution in [0.4, 0.5) is 14.5 Å². The van der Waals surface area contributed by atoms with Crippen molar-refractivity contribution < 1.29 is 17.2 Å². The van der Waals surface area contributed by atoms with Gasteiger partial charge in [0.25, 0.3) is 16.4 Å². The Morgan fingerprint density at radius 1 is 1.22 bits per heavy atom. The summed E-state index contributed by atoms with van der Waals surface area (Å²) < 4.78 is 54.4. The van der Waals surface area contributed by atoms with E-state index in [9.17, 15) is 17.2 Å². The number of benzene rings is 1. The minimum absolute atomic E-state index is 0.103. The standard InChI is InChI=1S/C13H13Cl2F2N3O2S/c1-6-4-10(9(15)5-8(6)14)23(21,22)19-11-7(2)18-20(3)12(11)13(16)17/h4-5,13,19H,1-3H3. The second-order valence-corrected chi connectivity index (χ2v) is 7.37. The SMILES string of the molecule is Cc1cc(S(=O)(=O)Nc2c(C)nn(C)c2C(F)F)c(Cl)cc1Cl. The number of nitrogens with one attached hydrogen (secondary N) is 1. The molecule has 0 atom stereocenters. The van der Waals surface area contributed by atoms with Crippen LogP contribution in [-0.2, 0) is 17.1 Å². The first-order valence-corrected chi connectivity index (χ1v) is 8.58. The number of hydrogen-bond donors (Lipinski definition) is 1. The predicted octanol–water partition coefficient (Wildman–Crippen LogP) is 4.08. The average Bonchev–Trinajstić information content (AvgIpc) is 2.67. The topological polar surface area (TPSA) is 64.0 Å². The maximum Gasteiger partial charge on any atom is 0.282 e. The molecule has 1 aromatic carbocycles. The van der Waals surface area contributed by atoms with Gasteiger partial charge < -0.3 is 0 Å². The van der Waals surface area contributed by atoms with E-state index in [1.165, 1.54) is 26.1 Å². The second kappa shape index (κ2) is 6.26. The molecule has 0 amide bonds. The molecular weight excluding hydrogens is 371 g/mol. The summed E-state index contributed by atoms with van der Waals surface area (Å²) in [6, 6.07) is 2.57. The fraction of sp³-hybridized carbons (Fsp3) is 0.308. The van der Waals surface area contributed by atoms with Crippen molar-refractivity contribution in [2.75, 3.05) is 4.72 Å². The van der Waals surface area contributed by atoms with E-state index in [0.717, 1.165) is 4.68 Å². The van der Waals surface area contributed by atoms with Crippen molar-refractivity contribution in [3.8, 4) is 0 Å². The molecule has 0 aliphatic rings. The number of rotatable bonds is 4. The Balaban J connectivity index is 2.54. The molecule has 23 heavy (non-hydrogen) atoms. The fourth-order valence-corrected chi connectivity index (χ4v) is 4.04. The summed E-state index contributed by atoms with van der Waals surface area (Å²) in [5.41, 5.74) is -0.152. The van der Waals surface area contributed by atoms with Crippen molar-refractivity contribution >= 4 is 38.9 Å². The molecule has 0 spiro atoms. The second-order valence-electron chi connectivity index (χ2n) is 4.91. The van der Waals surface area contributed by atoms with Crippen LogP contribution >= 0.6 is 23.2 Å². The molecule has 10 heteroatoms. The molecule has 0 saturated carbocycles. The first kappa shape index (κ1) is 18.0. The highest BCUT2D eigenvalue weighted by Crippen LogP contribution is 2.33. The lowest BCUT2D eigenvalue weighted by Crippen LogP contribution is -2.15. The van der Waals surface area contributed by atoms with Gasteiger partial charge in [-0.25, -0.2) is 17.2 Å². The third-order valence-electron chi connectivity index (χ3n) is 3.21. The summed E-state index contributed by atoms with van der Waals surface area (Å²) in [5, 5.41) is 4.02. The van der Waals surface area contributed by atoms with Gasteiger partial charge in [0.2, 0.25) is 0 Å². The molecular formula is C13H13Cl2F2N3O2S. The molecule has 126 valence electrons. The number of aryl methyl sites for hydroxylation is 3. The van der Waals surface area contributed by atoms with Crippen molar-refractivity contribution in [3.63, 3.8) is 0 Å². The van der Waals surface area contributed by atoms with E-state index in [-0.39, 0.29) is 21.3 Å². The van der Waals surface area contributed by atoms with Gasteiger partial charge >= 0.3 is 0 Å². The van der Waals surface area contributed by atoms with Crippen LogP contribution in [0, 0.1) is 13.8 Å². The molecule has 2 rings (SSSR count). The summed E-state index contributed by atoms with van der Waals surface area (Å²) in [7, 11) is -2.86. The average molecular weight is 384 g/mol. The smallest absolute Gasteiger partial charge is 0.276 e. The lowest BCUT2D eigenvalue weighted by molar-refractivity contribution is 0.141. The van der Waals surface area contributed by atoms with Crippen LogP contribution in [0.1, 0.15) is 23.4 Å². The van der Waals surface area contributed by atoms with Gasteiger partial charge in [-0.05, 0) is 31.5 Å². The Kier molecular flexibility index (Phi) is 4.89. The molecule has 2 aromatic rings. The van der Waals surface area contributed by atoms with E-state index < -0.39 is 22.1 Å². The molecule has 0 bridgehead atoms. The molecule has 5 nitrogen and oxygen atoms in total. The van der Waals surface area contributed by atoms with Gasteiger partial charge in [0, 0.05) is 12.1 Å². The van der Waals surface area contributed by atoms with Crippen molar-refractivity contribution in [1.29, 1.82) is 0 Å². The van der Waals surface area contributed by atoms with Crippen molar-refractivity contribution in [1.82, 2.24) is 9.78 Å². The van der Waals surface area contributed by atoms with Gasteiger partial charge in [-0.15, -0.1) is 0 Å². The molecule has 1 aromatic heterocycles. The number of sulfonamides is 1. The summed E-state index contributed by atoms with van der Waals surface area (Å²) in [6.45, 7) is 3.04. The Bertz CT molecular complexity index is 867. The molecule has 1 heterocycles. The summed E-state index contributed by atoms with van der Waals surface area (Å²) in [6.07, 6.45) is -2.89. The van der Waals surface area contributed by atoms with Crippen LogP contribution < -0.4 is 4.72 Å². The van der Waals surface area contributed by atoms with Gasteiger partial charge in [0.05, 0.1) is 16.4 Å². The van der Waals surface area contributed by atoms with E-state index in [2.05, 4.69) is 9.82 Å². The van der Waals surface area contributed by atoms with Crippen molar-refractivity contribution in [3.05, 3.63) is 39.1 Å². The molecule has 0 aliphatic heterocycles. The van der Waals surface area contributed by atoms with E-state index >= 15 is 0 Å². The number of alkyl halides is 2. The van der Waals surface area contributed by atoms with E-state index in [1.54, 1.807) is 6.92 Å². The summed E-state index contributed by atoms with van der Waals surface area (Å²) in [4.78, 5) is -0.246. The van der Waals surface area contributed by atoms with Crippen molar-refractivity contribution in [2.24, 2.45) is 7.05 Å². The largest absolute Gasteiger partial charge is 0.282 e. The Morgan fingerprint density at radius 3 is 2.39 bits per heavy atom. The highest BCUT2D eigenvalue weighted by Gasteiger charge is 2.27. The van der Waals surface area contributed by atoms with Crippen LogP contribution in [0.5, 0.6) is 0 Å². The monoisotopic (exact) mass is 383 g/mol. The molecule has 0 saturated heterocycles. The number of aromatic nitrogens is 2. The van der Waals surface area contributed by atoms with Crippen LogP contribution in [0.15, 0.2) is 17.0 Å². The highest BCUT2D eigenvalue weighted by molar-refractivity contribution is 7.92. The van der Waals surface area contributed by atoms with Gasteiger partial charge in [0.15, 0.2) is 0 Å². The summed E-state index contributed by atoms with van der Waals surface area (Å²) >= 11 is 11.8. The first-order chi connectivity index (χ1) is 10.5. The highest BCUT2D eigenvalue weighted by atomic mass is 35.5. The molecule has 0 aliphatic carbocycles. The predicted molar refractivity (Wildman–Crippen MR) is 84.9 cm³/mol. The molecule has 0 fully saturated rings. The quantitative estimate of drug-likeness (QED) is 0.864. The number of halogens is 4. The molecule has 1 N–H and O–H groups in total. The van der Waals surface area contributed by atoms with Gasteiger partial charge in [-0.1, -0.05) is 23.2 Å². The maximum absolute atomic E-state index is 13.1. The maximum atomic E-state index is 13.1. The van der Waals surface area contributed by atoms with Crippen LogP contribution in [0.25, 0.3) is 0 Å². The van der Waals surface area contributed by atoms with Crippen LogP contribution in [0.3, 0.4) is 0 Å². The van der Waals surface area contributed by atoms with E-state index in [1.807, 2.05) is 0 Å². The fourth-order valence-electron chi connectivity index (χ4n) is 2.08. The molecule has 0 unspecified atom stereocenters. The third kappa shape index (κ3) is 3.44. The van der Waals surface area contributed by atoms with E-state index in [4.69, 9.17) is 23.2 Å². The van der Waals surface area contributed by atoms with Crippen molar-refractivity contribution in [2.45, 2.75) is 25.2 Å². The Morgan fingerprint density at radius 2 is 1.83 bits per heavy atom. The number of nitrogens with zero attached hydrogens (tertiary/aromatic N) is 2. The lowest BCUT2D eigenvalue weighted by atomic mass is 10.2. The minimum Gasteiger partial charge on any atom is -0.276 e. The molecule has 0 radical (unpaired) electrons. The van der Waals surface area contributed by atoms with Crippen LogP contribution in [-0.4, -0.2) is 18.2 Å². The zero-order valence-corrected chi connectivity index (χ0v) is 14.7. The minimum atomic E-state index is -4.18. The van der Waals surface area contributed by atoms with E-state index in [0.29, 0.717) is 10.6 Å². The van der Waals surface area contributed by atoms with Crippen LogP contribution in [0.2, 0.25) is 10.0 Å². The zero-order chi connectivity index (χ0) is 17.5. The normalized spacial score (nSPS) is 12.0. The Labute approximate surface area is 142 Å². The Hall–Kier alpha value is -1.38. The first-order valence-electron chi connectivity index (χ1n) is 6.34. The van der Waals surface area contributed by atoms with Gasteiger partial charge in [-0.3, -0.25) is 9.40 Å². The van der Waals surface area contributed by atoms with Gasteiger partial charge in [-0.2, -0.15) is 5.10 Å². The summed E-state index contributed by atoms with van der Waals surface area (Å²) in [5.74, 6) is 0. The number of hydrogen-bond acceptors (Lipinski definition) is 3. The number of anilines is 1. The zero-order valence-electron chi connectivity index (χ0n) is 12.4. The third-order valence-corrected chi connectivity index (χ3v) is 5.43.